The van der Waals surface area contributed by atoms with Crippen LogP contribution in [0.25, 0.3) is 28.3 Å². The first-order valence-corrected chi connectivity index (χ1v) is 9.43. The van der Waals surface area contributed by atoms with Gasteiger partial charge in [0.1, 0.15) is 40.3 Å². The molecule has 32 heavy (non-hydrogen) atoms. The molecule has 2 heterocycles. The molecule has 0 bridgehead atoms. The van der Waals surface area contributed by atoms with Crippen LogP contribution in [0.5, 0.6) is 0 Å². The van der Waals surface area contributed by atoms with E-state index in [1.807, 2.05) is 0 Å². The van der Waals surface area contributed by atoms with Gasteiger partial charge in [-0.2, -0.15) is 0 Å². The van der Waals surface area contributed by atoms with Crippen LogP contribution in [0.4, 0.5) is 17.6 Å². The van der Waals surface area contributed by atoms with Crippen LogP contribution in [0.1, 0.15) is 19.7 Å². The van der Waals surface area contributed by atoms with Gasteiger partial charge < -0.3 is 9.52 Å². The highest BCUT2D eigenvalue weighted by molar-refractivity contribution is 5.77. The normalized spacial score (nSPS) is 11.7. The van der Waals surface area contributed by atoms with Crippen molar-refractivity contribution in [3.8, 4) is 28.3 Å². The molecule has 0 fully saturated rings. The van der Waals surface area contributed by atoms with Crippen LogP contribution in [0, 0.1) is 23.3 Å². The summed E-state index contributed by atoms with van der Waals surface area (Å²) < 4.78 is 62.9. The molecule has 0 spiro atoms. The molecule has 2 aromatic heterocycles. The summed E-state index contributed by atoms with van der Waals surface area (Å²) in [6.07, 6.45) is 1.11. The Balaban J connectivity index is 1.98. The van der Waals surface area contributed by atoms with Gasteiger partial charge in [0.05, 0.1) is 0 Å². The van der Waals surface area contributed by atoms with E-state index in [0.29, 0.717) is 6.07 Å². The maximum atomic E-state index is 14.5. The predicted molar refractivity (Wildman–Crippen MR) is 108 cm³/mol. The Labute approximate surface area is 179 Å². The summed E-state index contributed by atoms with van der Waals surface area (Å²) in [5.74, 6) is -3.94. The maximum Gasteiger partial charge on any atom is 0.255 e. The molecule has 0 amide bonds. The van der Waals surface area contributed by atoms with E-state index < -0.39 is 40.1 Å². The standard InChI is InChI=1S/C23H16F4N2O3/c1-23(2,31)22-28-19(14-8-7-13(24)10-17(14)27)21(32-22)12-6-9-18(30)29(11-12)20-15(25)4-3-5-16(20)26/h3-11,31H,1-2H3. The fourth-order valence-electron chi connectivity index (χ4n) is 3.16. The van der Waals surface area contributed by atoms with Crippen LogP contribution in [-0.2, 0) is 5.60 Å². The van der Waals surface area contributed by atoms with Crippen LogP contribution in [0.15, 0.2) is 63.9 Å². The summed E-state index contributed by atoms with van der Waals surface area (Å²) in [7, 11) is 0. The van der Waals surface area contributed by atoms with E-state index in [2.05, 4.69) is 4.98 Å². The van der Waals surface area contributed by atoms with Crippen molar-refractivity contribution in [1.29, 1.82) is 0 Å². The van der Waals surface area contributed by atoms with Crippen LogP contribution >= 0.6 is 0 Å². The number of para-hydroxylation sites is 1. The first kappa shape index (κ1) is 21.5. The van der Waals surface area contributed by atoms with Crippen molar-refractivity contribution >= 4 is 0 Å². The van der Waals surface area contributed by atoms with E-state index in [0.717, 1.165) is 47.2 Å². The molecule has 0 aliphatic heterocycles. The molecule has 0 radical (unpaired) electrons. The molecule has 4 rings (SSSR count). The van der Waals surface area contributed by atoms with E-state index in [9.17, 15) is 27.5 Å². The fourth-order valence-corrected chi connectivity index (χ4v) is 3.16. The fraction of sp³-hybridized carbons (Fsp3) is 0.130. The molecule has 0 aliphatic rings. The number of hydrogen-bond donors (Lipinski definition) is 1. The Morgan fingerprint density at radius 3 is 2.28 bits per heavy atom. The zero-order valence-corrected chi connectivity index (χ0v) is 16.9. The SMILES string of the molecule is CC(C)(O)c1nc(-c2ccc(F)cc2F)c(-c2ccc(=O)n(-c3c(F)cccc3F)c2)o1. The van der Waals surface area contributed by atoms with Crippen LogP contribution in [0.2, 0.25) is 0 Å². The Morgan fingerprint density at radius 2 is 1.66 bits per heavy atom. The van der Waals surface area contributed by atoms with Crippen molar-refractivity contribution in [2.24, 2.45) is 0 Å². The monoisotopic (exact) mass is 444 g/mol. The topological polar surface area (TPSA) is 68.3 Å². The smallest absolute Gasteiger partial charge is 0.255 e. The Morgan fingerprint density at radius 1 is 0.969 bits per heavy atom. The highest BCUT2D eigenvalue weighted by Crippen LogP contribution is 2.37. The summed E-state index contributed by atoms with van der Waals surface area (Å²) in [5, 5.41) is 10.3. The minimum Gasteiger partial charge on any atom is -0.437 e. The van der Waals surface area contributed by atoms with Gasteiger partial charge in [-0.3, -0.25) is 9.36 Å². The van der Waals surface area contributed by atoms with Gasteiger partial charge in [-0.15, -0.1) is 0 Å². The maximum absolute atomic E-state index is 14.5. The number of aliphatic hydroxyl groups is 1. The minimum atomic E-state index is -1.56. The second-order valence-electron chi connectivity index (χ2n) is 7.58. The number of oxazole rings is 1. The van der Waals surface area contributed by atoms with Gasteiger partial charge in [-0.05, 0) is 44.2 Å². The second-order valence-corrected chi connectivity index (χ2v) is 7.58. The molecule has 1 N–H and O–H groups in total. The highest BCUT2D eigenvalue weighted by Gasteiger charge is 2.28. The summed E-state index contributed by atoms with van der Waals surface area (Å²) >= 11 is 0. The molecule has 0 unspecified atom stereocenters. The van der Waals surface area contributed by atoms with Crippen LogP contribution in [0.3, 0.4) is 0 Å². The third-order valence-corrected chi connectivity index (χ3v) is 4.69. The van der Waals surface area contributed by atoms with Crippen molar-refractivity contribution in [3.05, 3.63) is 94.2 Å². The number of pyridine rings is 1. The first-order chi connectivity index (χ1) is 15.1. The van der Waals surface area contributed by atoms with Gasteiger partial charge in [0.25, 0.3) is 5.56 Å². The molecule has 9 heteroatoms. The molecular formula is C23H16F4N2O3. The number of aromatic nitrogens is 2. The molecule has 2 aromatic carbocycles. The lowest BCUT2D eigenvalue weighted by molar-refractivity contribution is 0.0490. The molecule has 0 aliphatic carbocycles. The minimum absolute atomic E-state index is 0.0844. The molecule has 4 aromatic rings. The Hall–Kier alpha value is -3.72. The molecular weight excluding hydrogens is 428 g/mol. The van der Waals surface area contributed by atoms with Crippen molar-refractivity contribution < 1.29 is 27.1 Å². The quantitative estimate of drug-likeness (QED) is 0.453. The molecule has 0 atom stereocenters. The van der Waals surface area contributed by atoms with Gasteiger partial charge in [0.2, 0.25) is 5.89 Å². The lowest BCUT2D eigenvalue weighted by atomic mass is 10.1. The van der Waals surface area contributed by atoms with Crippen molar-refractivity contribution in [3.63, 3.8) is 0 Å². The zero-order valence-electron chi connectivity index (χ0n) is 16.9. The largest absolute Gasteiger partial charge is 0.437 e. The van der Waals surface area contributed by atoms with Gasteiger partial charge in [-0.25, -0.2) is 22.5 Å². The average molecular weight is 444 g/mol. The van der Waals surface area contributed by atoms with E-state index in [-0.39, 0.29) is 28.5 Å². The van der Waals surface area contributed by atoms with Gasteiger partial charge in [0, 0.05) is 29.5 Å². The third kappa shape index (κ3) is 3.82. The van der Waals surface area contributed by atoms with E-state index in [1.165, 1.54) is 19.9 Å². The highest BCUT2D eigenvalue weighted by atomic mass is 19.1. The van der Waals surface area contributed by atoms with Crippen LogP contribution in [-0.4, -0.2) is 14.7 Å². The van der Waals surface area contributed by atoms with Crippen molar-refractivity contribution in [1.82, 2.24) is 9.55 Å². The number of benzene rings is 2. The van der Waals surface area contributed by atoms with Gasteiger partial charge in [0.15, 0.2) is 5.76 Å². The number of rotatable bonds is 4. The zero-order chi connectivity index (χ0) is 23.2. The van der Waals surface area contributed by atoms with E-state index >= 15 is 0 Å². The van der Waals surface area contributed by atoms with Gasteiger partial charge in [-0.1, -0.05) is 6.07 Å². The summed E-state index contributed by atoms with van der Waals surface area (Å²) in [6.45, 7) is 2.78. The van der Waals surface area contributed by atoms with Gasteiger partial charge >= 0.3 is 0 Å². The average Bonchev–Trinajstić information content (AvgIpc) is 3.15. The Bertz CT molecular complexity index is 1370. The number of hydrogen-bond acceptors (Lipinski definition) is 4. The molecule has 0 saturated carbocycles. The number of nitrogens with zero attached hydrogens (tertiary/aromatic N) is 2. The first-order valence-electron chi connectivity index (χ1n) is 9.43. The molecule has 5 nitrogen and oxygen atoms in total. The lowest BCUT2D eigenvalue weighted by Crippen LogP contribution is -2.19. The number of halogens is 4. The summed E-state index contributed by atoms with van der Waals surface area (Å²) in [5.41, 5.74) is -2.98. The molecule has 164 valence electrons. The van der Waals surface area contributed by atoms with Crippen molar-refractivity contribution in [2.45, 2.75) is 19.4 Å². The lowest BCUT2D eigenvalue weighted by Gasteiger charge is -2.11. The van der Waals surface area contributed by atoms with E-state index in [1.54, 1.807) is 0 Å². The van der Waals surface area contributed by atoms with Crippen LogP contribution < -0.4 is 5.56 Å². The molecule has 0 saturated heterocycles. The third-order valence-electron chi connectivity index (χ3n) is 4.69. The summed E-state index contributed by atoms with van der Waals surface area (Å²) in [6, 6.07) is 8.34. The Kier molecular flexibility index (Phi) is 5.21. The second kappa shape index (κ2) is 7.76. The predicted octanol–water partition coefficient (Wildman–Crippen LogP) is 4.94. The summed E-state index contributed by atoms with van der Waals surface area (Å²) in [4.78, 5) is 16.5. The van der Waals surface area contributed by atoms with E-state index in [4.69, 9.17) is 4.42 Å². The van der Waals surface area contributed by atoms with Crippen molar-refractivity contribution in [2.75, 3.05) is 0 Å².